The van der Waals surface area contributed by atoms with Gasteiger partial charge in [-0.1, -0.05) is 18.2 Å². The number of benzene rings is 2. The summed E-state index contributed by atoms with van der Waals surface area (Å²) in [5.74, 6) is -2.27. The lowest BCUT2D eigenvalue weighted by molar-refractivity contribution is -0.142. The lowest BCUT2D eigenvalue weighted by Crippen LogP contribution is -2.55. The molecule has 0 bridgehead atoms. The van der Waals surface area contributed by atoms with E-state index in [-0.39, 0.29) is 25.0 Å². The first kappa shape index (κ1) is 26.7. The van der Waals surface area contributed by atoms with Crippen LogP contribution in [0.25, 0.3) is 21.8 Å². The number of aromatic nitrogens is 2. The molecule has 10 N–H and O–H groups in total. The van der Waals surface area contributed by atoms with Crippen LogP contribution in [0.3, 0.4) is 0 Å². The van der Waals surface area contributed by atoms with Crippen molar-refractivity contribution >= 4 is 39.6 Å². The molecular weight excluding hydrogens is 488 g/mol. The number of fused-ring (bicyclic) bond motifs is 2. The highest BCUT2D eigenvalue weighted by Gasteiger charge is 2.28. The summed E-state index contributed by atoms with van der Waals surface area (Å²) in [6.07, 6.45) is 4.34. The van der Waals surface area contributed by atoms with Gasteiger partial charge in [0, 0.05) is 40.6 Å². The summed E-state index contributed by atoms with van der Waals surface area (Å²) >= 11 is 0. The molecule has 0 unspecified atom stereocenters. The zero-order chi connectivity index (χ0) is 27.2. The largest absolute Gasteiger partial charge is 0.508 e. The second-order valence-electron chi connectivity index (χ2n) is 9.31. The minimum atomic E-state index is -1.20. The van der Waals surface area contributed by atoms with Gasteiger partial charge in [-0.25, -0.2) is 4.79 Å². The molecule has 0 spiro atoms. The number of carbonyl (C=O) groups is 3. The molecule has 4 aromatic rings. The van der Waals surface area contributed by atoms with Gasteiger partial charge in [0.25, 0.3) is 0 Å². The summed E-state index contributed by atoms with van der Waals surface area (Å²) in [6, 6.07) is 9.16. The predicted molar refractivity (Wildman–Crippen MR) is 143 cm³/mol. The van der Waals surface area contributed by atoms with E-state index in [9.17, 15) is 24.6 Å². The van der Waals surface area contributed by atoms with Crippen molar-refractivity contribution in [2.24, 2.45) is 11.5 Å². The maximum Gasteiger partial charge on any atom is 0.326 e. The number of rotatable bonds is 12. The van der Waals surface area contributed by atoms with Crippen molar-refractivity contribution in [2.75, 3.05) is 6.54 Å². The molecule has 3 atom stereocenters. The number of H-pyrrole nitrogens is 2. The molecule has 11 heteroatoms. The van der Waals surface area contributed by atoms with Crippen LogP contribution in [0.5, 0.6) is 5.75 Å². The van der Waals surface area contributed by atoms with Gasteiger partial charge in [-0.2, -0.15) is 0 Å². The summed E-state index contributed by atoms with van der Waals surface area (Å²) in [5.41, 5.74) is 14.9. The highest BCUT2D eigenvalue weighted by atomic mass is 16.4. The molecule has 38 heavy (non-hydrogen) atoms. The Bertz CT molecular complexity index is 1440. The summed E-state index contributed by atoms with van der Waals surface area (Å²) in [5, 5.41) is 26.4. The van der Waals surface area contributed by atoms with Gasteiger partial charge in [-0.15, -0.1) is 0 Å². The smallest absolute Gasteiger partial charge is 0.326 e. The minimum Gasteiger partial charge on any atom is -0.508 e. The van der Waals surface area contributed by atoms with E-state index >= 15 is 0 Å². The maximum atomic E-state index is 13.1. The molecule has 2 aromatic carbocycles. The van der Waals surface area contributed by atoms with Crippen molar-refractivity contribution in [3.8, 4) is 5.75 Å². The third kappa shape index (κ3) is 6.13. The summed E-state index contributed by atoms with van der Waals surface area (Å²) in [6.45, 7) is 0.294. The Morgan fingerprint density at radius 2 is 1.53 bits per heavy atom. The summed E-state index contributed by atoms with van der Waals surface area (Å²) < 4.78 is 0. The van der Waals surface area contributed by atoms with E-state index in [1.807, 2.05) is 24.3 Å². The number of aromatic hydroxyl groups is 1. The highest BCUT2D eigenvalue weighted by molar-refractivity contribution is 5.93. The molecule has 0 aliphatic carbocycles. The molecule has 11 nitrogen and oxygen atoms in total. The highest BCUT2D eigenvalue weighted by Crippen LogP contribution is 2.24. The molecular formula is C27H32N6O5. The Hall–Kier alpha value is -4.35. The molecule has 0 saturated carbocycles. The fourth-order valence-electron chi connectivity index (χ4n) is 4.53. The molecule has 2 aromatic heterocycles. The van der Waals surface area contributed by atoms with E-state index in [0.717, 1.165) is 32.9 Å². The van der Waals surface area contributed by atoms with E-state index in [0.29, 0.717) is 13.0 Å². The number of nitrogens with two attached hydrogens (primary N) is 2. The zero-order valence-electron chi connectivity index (χ0n) is 20.7. The lowest BCUT2D eigenvalue weighted by atomic mass is 10.0. The fourth-order valence-corrected chi connectivity index (χ4v) is 4.53. The number of para-hydroxylation sites is 1. The number of nitrogens with one attached hydrogen (secondary N) is 4. The average molecular weight is 521 g/mol. The Morgan fingerprint density at radius 3 is 2.24 bits per heavy atom. The fraction of sp³-hybridized carbons (Fsp3) is 0.296. The standard InChI is InChI=1S/C27H32N6O5/c28-9-3-6-23(32-25(35)20(29)10-15-13-31-22-8-7-17(34)12-19(15)22)26(36)33-24(27(37)38)11-16-14-30-21-5-2-1-4-18(16)21/h1-2,4-5,7-8,12-14,20,23-24,30-31,34H,3,6,9-11,28-29H2,(H,32,35)(H,33,36)(H,37,38)/t20-,23-,24-/m0/s1. The number of hydrogen-bond acceptors (Lipinski definition) is 6. The van der Waals surface area contributed by atoms with Crippen LogP contribution in [-0.4, -0.2) is 62.6 Å². The number of carboxylic acids is 1. The van der Waals surface area contributed by atoms with Crippen molar-refractivity contribution < 1.29 is 24.6 Å². The third-order valence-electron chi connectivity index (χ3n) is 6.57. The SMILES string of the molecule is NCCC[C@H](NC(=O)[C@@H](N)Cc1c[nH]c2ccc(O)cc12)C(=O)N[C@@H](Cc1c[nH]c2ccccc12)C(=O)O. The van der Waals surface area contributed by atoms with Crippen molar-refractivity contribution in [3.05, 3.63) is 66.0 Å². The zero-order valence-corrected chi connectivity index (χ0v) is 20.7. The molecule has 0 aliphatic heterocycles. The summed E-state index contributed by atoms with van der Waals surface area (Å²) in [4.78, 5) is 44.3. The molecule has 0 aliphatic rings. The van der Waals surface area contributed by atoms with Crippen LogP contribution in [0.4, 0.5) is 0 Å². The normalized spacial score (nSPS) is 13.7. The van der Waals surface area contributed by atoms with Gasteiger partial charge in [0.05, 0.1) is 6.04 Å². The van der Waals surface area contributed by atoms with E-state index in [2.05, 4.69) is 20.6 Å². The molecule has 0 saturated heterocycles. The number of amides is 2. The second kappa shape index (κ2) is 11.8. The van der Waals surface area contributed by atoms with Crippen molar-refractivity contribution in [3.63, 3.8) is 0 Å². The quantitative estimate of drug-likeness (QED) is 0.137. The van der Waals surface area contributed by atoms with Crippen LogP contribution in [0.1, 0.15) is 24.0 Å². The predicted octanol–water partition coefficient (Wildman–Crippen LogP) is 1.26. The average Bonchev–Trinajstić information content (AvgIpc) is 3.49. The van der Waals surface area contributed by atoms with E-state index < -0.39 is 35.9 Å². The maximum absolute atomic E-state index is 13.1. The first-order valence-corrected chi connectivity index (χ1v) is 12.4. The first-order chi connectivity index (χ1) is 18.3. The van der Waals surface area contributed by atoms with Crippen LogP contribution in [0.2, 0.25) is 0 Å². The second-order valence-corrected chi connectivity index (χ2v) is 9.31. The topological polar surface area (TPSA) is 199 Å². The van der Waals surface area contributed by atoms with Crippen LogP contribution >= 0.6 is 0 Å². The molecule has 200 valence electrons. The number of carboxylic acid groups (broad SMARTS) is 1. The van der Waals surface area contributed by atoms with Gasteiger partial charge >= 0.3 is 5.97 Å². The minimum absolute atomic E-state index is 0.0650. The Labute approximate surface area is 218 Å². The third-order valence-corrected chi connectivity index (χ3v) is 6.57. The van der Waals surface area contributed by atoms with Gasteiger partial charge in [0.2, 0.25) is 11.8 Å². The van der Waals surface area contributed by atoms with Crippen LogP contribution < -0.4 is 22.1 Å². The molecule has 4 rings (SSSR count). The number of phenolic OH excluding ortho intramolecular Hbond substituents is 1. The lowest BCUT2D eigenvalue weighted by Gasteiger charge is -2.23. The van der Waals surface area contributed by atoms with Crippen LogP contribution in [0, 0.1) is 0 Å². The Morgan fingerprint density at radius 1 is 0.868 bits per heavy atom. The number of phenols is 1. The molecule has 0 fully saturated rings. The van der Waals surface area contributed by atoms with Crippen molar-refractivity contribution in [1.29, 1.82) is 0 Å². The van der Waals surface area contributed by atoms with E-state index in [1.54, 1.807) is 30.6 Å². The van der Waals surface area contributed by atoms with E-state index in [4.69, 9.17) is 11.5 Å². The Balaban J connectivity index is 1.43. The van der Waals surface area contributed by atoms with Gasteiger partial charge in [0.15, 0.2) is 0 Å². The summed E-state index contributed by atoms with van der Waals surface area (Å²) in [7, 11) is 0. The monoisotopic (exact) mass is 520 g/mol. The number of aromatic amines is 2. The van der Waals surface area contributed by atoms with Crippen LogP contribution in [-0.2, 0) is 27.2 Å². The molecule has 2 amide bonds. The number of aliphatic carboxylic acids is 1. The van der Waals surface area contributed by atoms with E-state index in [1.165, 1.54) is 0 Å². The van der Waals surface area contributed by atoms with Gasteiger partial charge in [0.1, 0.15) is 17.8 Å². The van der Waals surface area contributed by atoms with Gasteiger partial charge in [-0.3, -0.25) is 9.59 Å². The molecule has 2 heterocycles. The van der Waals surface area contributed by atoms with Crippen LogP contribution in [0.15, 0.2) is 54.9 Å². The Kier molecular flexibility index (Phi) is 8.29. The molecule has 0 radical (unpaired) electrons. The first-order valence-electron chi connectivity index (χ1n) is 12.4. The van der Waals surface area contributed by atoms with Crippen molar-refractivity contribution in [1.82, 2.24) is 20.6 Å². The van der Waals surface area contributed by atoms with Crippen molar-refractivity contribution in [2.45, 2.75) is 43.8 Å². The van der Waals surface area contributed by atoms with Gasteiger partial charge < -0.3 is 42.3 Å². The number of hydrogen-bond donors (Lipinski definition) is 8. The van der Waals surface area contributed by atoms with Gasteiger partial charge in [-0.05, 0) is 61.2 Å². The number of carbonyl (C=O) groups excluding carboxylic acids is 2.